The Labute approximate surface area is 240 Å². The standard InChI is InChI=1S/C33H33N3O5/c1-34-31-22-29-30(23-33(31)40-17-3-14-36-15-18-39-19-16-36)35-13-12-32(29)41-28-10-6-25(7-11-28)21-26(37)20-24-4-8-27(38-2)9-5-24/h4-13,22-23H,3,14-21H2,2H3. The van der Waals surface area contributed by atoms with Gasteiger partial charge in [-0.25, -0.2) is 4.85 Å². The molecule has 210 valence electrons. The number of ketones is 1. The summed E-state index contributed by atoms with van der Waals surface area (Å²) in [4.78, 5) is 23.1. The molecule has 1 aliphatic rings. The molecule has 41 heavy (non-hydrogen) atoms. The van der Waals surface area contributed by atoms with Crippen molar-refractivity contribution in [3.8, 4) is 23.0 Å². The molecule has 0 atom stereocenters. The summed E-state index contributed by atoms with van der Waals surface area (Å²) in [5.74, 6) is 2.67. The molecule has 1 saturated heterocycles. The largest absolute Gasteiger partial charge is 0.504 e. The number of nitrogens with zero attached hydrogens (tertiary/aromatic N) is 3. The van der Waals surface area contributed by atoms with Gasteiger partial charge in [0.15, 0.2) is 0 Å². The second kappa shape index (κ2) is 13.8. The van der Waals surface area contributed by atoms with E-state index in [4.69, 9.17) is 25.5 Å². The first-order valence-electron chi connectivity index (χ1n) is 13.8. The van der Waals surface area contributed by atoms with Crippen molar-refractivity contribution in [1.29, 1.82) is 0 Å². The Hall–Kier alpha value is -4.45. The average molecular weight is 552 g/mol. The van der Waals surface area contributed by atoms with E-state index in [0.29, 0.717) is 47.9 Å². The molecule has 1 fully saturated rings. The summed E-state index contributed by atoms with van der Waals surface area (Å²) in [5, 5.41) is 0.734. The van der Waals surface area contributed by atoms with Gasteiger partial charge in [-0.05, 0) is 60.0 Å². The lowest BCUT2D eigenvalue weighted by atomic mass is 10.0. The second-order valence-electron chi connectivity index (χ2n) is 9.90. The minimum Gasteiger partial charge on any atom is -0.504 e. The molecule has 2 heterocycles. The minimum absolute atomic E-state index is 0.134. The molecule has 8 nitrogen and oxygen atoms in total. The number of benzene rings is 3. The number of pyridine rings is 1. The number of carbonyl (C=O) groups excluding carboxylic acids is 1. The summed E-state index contributed by atoms with van der Waals surface area (Å²) in [7, 11) is 1.62. The summed E-state index contributed by atoms with van der Waals surface area (Å²) in [6.07, 6.45) is 3.26. The summed E-state index contributed by atoms with van der Waals surface area (Å²) < 4.78 is 22.7. The van der Waals surface area contributed by atoms with Crippen molar-refractivity contribution >= 4 is 22.4 Å². The first kappa shape index (κ1) is 28.1. The number of fused-ring (bicyclic) bond motifs is 1. The smallest absolute Gasteiger partial charge is 0.229 e. The molecule has 4 aromatic rings. The van der Waals surface area contributed by atoms with Gasteiger partial charge in [-0.1, -0.05) is 24.3 Å². The third-order valence-electron chi connectivity index (χ3n) is 7.00. The maximum Gasteiger partial charge on any atom is 0.229 e. The van der Waals surface area contributed by atoms with Crippen LogP contribution in [0.4, 0.5) is 5.69 Å². The van der Waals surface area contributed by atoms with Gasteiger partial charge in [-0.2, -0.15) is 0 Å². The lowest BCUT2D eigenvalue weighted by Crippen LogP contribution is -2.37. The van der Waals surface area contributed by atoms with Crippen molar-refractivity contribution in [3.63, 3.8) is 0 Å². The first-order valence-corrected chi connectivity index (χ1v) is 13.8. The summed E-state index contributed by atoms with van der Waals surface area (Å²) in [5.41, 5.74) is 2.99. The van der Waals surface area contributed by atoms with Crippen molar-refractivity contribution in [3.05, 3.63) is 95.5 Å². The molecule has 1 aromatic heterocycles. The van der Waals surface area contributed by atoms with E-state index in [1.54, 1.807) is 25.4 Å². The van der Waals surface area contributed by atoms with Crippen molar-refractivity contribution in [2.75, 3.05) is 46.6 Å². The van der Waals surface area contributed by atoms with Gasteiger partial charge in [0.2, 0.25) is 5.69 Å². The first-order chi connectivity index (χ1) is 20.1. The van der Waals surface area contributed by atoms with Crippen LogP contribution in [0.25, 0.3) is 15.7 Å². The van der Waals surface area contributed by atoms with Crippen molar-refractivity contribution in [1.82, 2.24) is 9.88 Å². The second-order valence-corrected chi connectivity index (χ2v) is 9.90. The van der Waals surface area contributed by atoms with E-state index in [0.717, 1.165) is 61.5 Å². The number of hydrogen-bond acceptors (Lipinski definition) is 7. The van der Waals surface area contributed by atoms with Gasteiger partial charge in [0.05, 0.1) is 39.0 Å². The maximum absolute atomic E-state index is 12.6. The Kier molecular flexibility index (Phi) is 9.42. The van der Waals surface area contributed by atoms with Crippen LogP contribution >= 0.6 is 0 Å². The van der Waals surface area contributed by atoms with E-state index < -0.39 is 0 Å². The number of morpholine rings is 1. The van der Waals surface area contributed by atoms with Crippen molar-refractivity contribution in [2.24, 2.45) is 0 Å². The Balaban J connectivity index is 1.20. The number of Topliss-reactive ketones (excluding diaryl/α,β-unsaturated/α-hetero) is 1. The molecule has 0 unspecified atom stereocenters. The fourth-order valence-electron chi connectivity index (χ4n) is 4.79. The van der Waals surface area contributed by atoms with E-state index in [-0.39, 0.29) is 5.78 Å². The van der Waals surface area contributed by atoms with Crippen LogP contribution in [0, 0.1) is 6.57 Å². The molecular formula is C33H33N3O5. The molecular weight excluding hydrogens is 518 g/mol. The monoisotopic (exact) mass is 551 g/mol. The van der Waals surface area contributed by atoms with Crippen LogP contribution < -0.4 is 14.2 Å². The molecule has 8 heteroatoms. The van der Waals surface area contributed by atoms with Crippen LogP contribution in [-0.4, -0.2) is 62.2 Å². The highest BCUT2D eigenvalue weighted by molar-refractivity contribution is 5.91. The molecule has 1 aliphatic heterocycles. The predicted molar refractivity (Wildman–Crippen MR) is 157 cm³/mol. The van der Waals surface area contributed by atoms with Gasteiger partial charge in [0.1, 0.15) is 28.8 Å². The molecule has 0 radical (unpaired) electrons. The predicted octanol–water partition coefficient (Wildman–Crippen LogP) is 6.04. The van der Waals surface area contributed by atoms with Crippen LogP contribution in [-0.2, 0) is 22.4 Å². The Morgan fingerprint density at radius 1 is 0.951 bits per heavy atom. The highest BCUT2D eigenvalue weighted by Crippen LogP contribution is 2.37. The van der Waals surface area contributed by atoms with Gasteiger partial charge in [0, 0.05) is 44.1 Å². The lowest BCUT2D eigenvalue weighted by molar-refractivity contribution is -0.117. The van der Waals surface area contributed by atoms with E-state index in [9.17, 15) is 4.79 Å². The topological polar surface area (TPSA) is 74.5 Å². The molecule has 0 aliphatic carbocycles. The Morgan fingerprint density at radius 3 is 2.29 bits per heavy atom. The average Bonchev–Trinajstić information content (AvgIpc) is 3.01. The van der Waals surface area contributed by atoms with E-state index in [1.165, 1.54) is 0 Å². The molecule has 0 N–H and O–H groups in total. The van der Waals surface area contributed by atoms with E-state index in [2.05, 4.69) is 14.7 Å². The zero-order valence-electron chi connectivity index (χ0n) is 23.2. The SMILES string of the molecule is [C-]#[N+]c1cc2c(Oc3ccc(CC(=O)Cc4ccc(OC)cc4)cc3)ccnc2cc1OCCCN1CCOCC1. The zero-order valence-corrected chi connectivity index (χ0v) is 23.2. The Bertz CT molecular complexity index is 1510. The summed E-state index contributed by atoms with van der Waals surface area (Å²) >= 11 is 0. The van der Waals surface area contributed by atoms with Gasteiger partial charge in [0.25, 0.3) is 0 Å². The third-order valence-corrected chi connectivity index (χ3v) is 7.00. The van der Waals surface area contributed by atoms with Gasteiger partial charge >= 0.3 is 0 Å². The van der Waals surface area contributed by atoms with Crippen LogP contribution in [0.3, 0.4) is 0 Å². The van der Waals surface area contributed by atoms with E-state index in [1.807, 2.05) is 54.6 Å². The number of aromatic nitrogens is 1. The highest BCUT2D eigenvalue weighted by atomic mass is 16.5. The van der Waals surface area contributed by atoms with Gasteiger partial charge in [-0.3, -0.25) is 14.7 Å². The van der Waals surface area contributed by atoms with Gasteiger partial charge < -0.3 is 18.9 Å². The van der Waals surface area contributed by atoms with E-state index >= 15 is 0 Å². The highest BCUT2D eigenvalue weighted by Gasteiger charge is 2.14. The zero-order chi connectivity index (χ0) is 28.4. The van der Waals surface area contributed by atoms with Crippen LogP contribution in [0.2, 0.25) is 0 Å². The Morgan fingerprint density at radius 2 is 1.63 bits per heavy atom. The fraction of sp³-hybridized carbons (Fsp3) is 0.303. The molecule has 0 amide bonds. The molecule has 3 aromatic carbocycles. The number of methoxy groups -OCH3 is 1. The van der Waals surface area contributed by atoms with Crippen molar-refractivity contribution < 1.29 is 23.7 Å². The molecule has 0 bridgehead atoms. The molecule has 0 spiro atoms. The fourth-order valence-corrected chi connectivity index (χ4v) is 4.79. The number of ether oxygens (including phenoxy) is 4. The van der Waals surface area contributed by atoms with Crippen LogP contribution in [0.5, 0.6) is 23.0 Å². The van der Waals surface area contributed by atoms with Crippen molar-refractivity contribution in [2.45, 2.75) is 19.3 Å². The third kappa shape index (κ3) is 7.60. The quantitative estimate of drug-likeness (QED) is 0.157. The maximum atomic E-state index is 12.6. The number of rotatable bonds is 12. The number of hydrogen-bond donors (Lipinski definition) is 0. The van der Waals surface area contributed by atoms with Crippen LogP contribution in [0.1, 0.15) is 17.5 Å². The minimum atomic E-state index is 0.134. The summed E-state index contributed by atoms with van der Waals surface area (Å²) in [6, 6.07) is 20.4. The summed E-state index contributed by atoms with van der Waals surface area (Å²) in [6.45, 7) is 12.6. The molecule has 0 saturated carbocycles. The normalized spacial score (nSPS) is 13.5. The number of carbonyl (C=O) groups is 1. The van der Waals surface area contributed by atoms with Gasteiger partial charge in [-0.15, -0.1) is 0 Å². The van der Waals surface area contributed by atoms with Crippen LogP contribution in [0.15, 0.2) is 72.9 Å². The lowest BCUT2D eigenvalue weighted by Gasteiger charge is -2.26. The molecule has 5 rings (SSSR count).